The number of aromatic nitrogens is 2. The fourth-order valence-electron chi connectivity index (χ4n) is 1.41. The van der Waals surface area contributed by atoms with Crippen molar-refractivity contribution in [3.63, 3.8) is 0 Å². The Morgan fingerprint density at radius 3 is 2.40 bits per heavy atom. The van der Waals surface area contributed by atoms with Crippen LogP contribution < -0.4 is 9.46 Å². The Morgan fingerprint density at radius 1 is 1.15 bits per heavy atom. The fraction of sp³-hybridized carbons (Fsp3) is 0.167. The van der Waals surface area contributed by atoms with Gasteiger partial charge in [-0.25, -0.2) is 13.1 Å². The predicted molar refractivity (Wildman–Crippen MR) is 74.1 cm³/mol. The van der Waals surface area contributed by atoms with Gasteiger partial charge in [0.2, 0.25) is 5.88 Å². The lowest BCUT2D eigenvalue weighted by atomic mass is 10.2. The number of hydrogen-bond donors (Lipinski definition) is 1. The summed E-state index contributed by atoms with van der Waals surface area (Å²) in [7, 11) is -2.28. The first-order valence-corrected chi connectivity index (χ1v) is 7.49. The summed E-state index contributed by atoms with van der Waals surface area (Å²) < 4.78 is 31.2. The summed E-state index contributed by atoms with van der Waals surface area (Å²) in [6.45, 7) is 0.146. The van der Waals surface area contributed by atoms with Gasteiger partial charge in [-0.15, -0.1) is 10.2 Å². The van der Waals surface area contributed by atoms with Crippen molar-refractivity contribution in [3.8, 4) is 5.88 Å². The molecule has 2 aromatic rings. The molecule has 0 fully saturated rings. The molecule has 0 aliphatic rings. The van der Waals surface area contributed by atoms with Gasteiger partial charge in [-0.1, -0.05) is 23.7 Å². The lowest BCUT2D eigenvalue weighted by molar-refractivity contribution is 0.389. The zero-order valence-electron chi connectivity index (χ0n) is 10.6. The van der Waals surface area contributed by atoms with Crippen LogP contribution in [0, 0.1) is 0 Å². The highest BCUT2D eigenvalue weighted by atomic mass is 35.5. The molecular weight excluding hydrogens is 302 g/mol. The molecular formula is C12H12ClN3O3S. The molecule has 1 N–H and O–H groups in total. The Hall–Kier alpha value is -1.70. The molecule has 0 saturated heterocycles. The van der Waals surface area contributed by atoms with Crippen LogP contribution >= 0.6 is 11.6 Å². The smallest absolute Gasteiger partial charge is 0.260 e. The maximum Gasteiger partial charge on any atom is 0.260 e. The molecule has 0 unspecified atom stereocenters. The lowest BCUT2D eigenvalue weighted by Crippen LogP contribution is -2.24. The summed E-state index contributed by atoms with van der Waals surface area (Å²) in [6.07, 6.45) is 0. The van der Waals surface area contributed by atoms with Crippen molar-refractivity contribution in [3.05, 3.63) is 47.0 Å². The van der Waals surface area contributed by atoms with E-state index in [1.54, 1.807) is 24.3 Å². The first kappa shape index (κ1) is 14.7. The van der Waals surface area contributed by atoms with E-state index in [2.05, 4.69) is 14.9 Å². The van der Waals surface area contributed by atoms with Crippen LogP contribution in [0.4, 0.5) is 0 Å². The Bertz CT molecular complexity index is 672. The molecule has 6 nitrogen and oxygen atoms in total. The molecule has 1 aromatic carbocycles. The number of halogens is 1. The minimum absolute atomic E-state index is 0.146. The minimum atomic E-state index is -3.71. The first-order chi connectivity index (χ1) is 9.51. The van der Waals surface area contributed by atoms with Gasteiger partial charge in [-0.2, -0.15) is 0 Å². The summed E-state index contributed by atoms with van der Waals surface area (Å²) in [5.74, 6) is 0.252. The van der Waals surface area contributed by atoms with E-state index >= 15 is 0 Å². The highest BCUT2D eigenvalue weighted by Gasteiger charge is 2.16. The molecule has 0 spiro atoms. The molecule has 2 rings (SSSR count). The third-order valence-corrected chi connectivity index (χ3v) is 4.02. The molecule has 0 saturated carbocycles. The maximum absolute atomic E-state index is 12.0. The third kappa shape index (κ3) is 3.66. The van der Waals surface area contributed by atoms with Gasteiger partial charge in [0, 0.05) is 17.6 Å². The Labute approximate surface area is 121 Å². The van der Waals surface area contributed by atoms with Crippen molar-refractivity contribution >= 4 is 21.6 Å². The number of rotatable bonds is 5. The molecule has 1 aromatic heterocycles. The second-order valence-electron chi connectivity index (χ2n) is 3.86. The minimum Gasteiger partial charge on any atom is -0.480 e. The van der Waals surface area contributed by atoms with E-state index in [1.807, 2.05) is 0 Å². The number of methoxy groups -OCH3 is 1. The summed E-state index contributed by atoms with van der Waals surface area (Å²) >= 11 is 5.76. The lowest BCUT2D eigenvalue weighted by Gasteiger charge is -2.06. The average Bonchev–Trinajstić information content (AvgIpc) is 2.47. The SMILES string of the molecule is COc1ccc(S(=O)(=O)NCc2ccc(Cl)cc2)nn1. The third-order valence-electron chi connectivity index (χ3n) is 2.48. The highest BCUT2D eigenvalue weighted by molar-refractivity contribution is 7.89. The van der Waals surface area contributed by atoms with Crippen molar-refractivity contribution < 1.29 is 13.2 Å². The number of hydrogen-bond acceptors (Lipinski definition) is 5. The molecule has 0 radical (unpaired) electrons. The monoisotopic (exact) mass is 313 g/mol. The van der Waals surface area contributed by atoms with E-state index in [4.69, 9.17) is 16.3 Å². The zero-order chi connectivity index (χ0) is 14.6. The maximum atomic E-state index is 12.0. The van der Waals surface area contributed by atoms with Gasteiger partial charge < -0.3 is 4.74 Å². The van der Waals surface area contributed by atoms with Gasteiger partial charge in [0.15, 0.2) is 5.03 Å². The summed E-state index contributed by atoms with van der Waals surface area (Å²) in [4.78, 5) is 0. The molecule has 0 aliphatic carbocycles. The van der Waals surface area contributed by atoms with Gasteiger partial charge in [-0.3, -0.25) is 0 Å². The number of nitrogens with one attached hydrogen (secondary N) is 1. The quantitative estimate of drug-likeness (QED) is 0.907. The standard InChI is InChI=1S/C12H12ClN3O3S/c1-19-11-6-7-12(16-15-11)20(17,18)14-8-9-2-4-10(13)5-3-9/h2-7,14H,8H2,1H3. The molecule has 20 heavy (non-hydrogen) atoms. The van der Waals surface area contributed by atoms with Crippen LogP contribution in [0.1, 0.15) is 5.56 Å². The molecule has 0 bridgehead atoms. The van der Waals surface area contributed by atoms with Gasteiger partial charge >= 0.3 is 0 Å². The van der Waals surface area contributed by atoms with E-state index in [1.165, 1.54) is 19.2 Å². The topological polar surface area (TPSA) is 81.2 Å². The van der Waals surface area contributed by atoms with Gasteiger partial charge in [0.1, 0.15) is 0 Å². The van der Waals surface area contributed by atoms with Gasteiger partial charge in [-0.05, 0) is 23.8 Å². The van der Waals surface area contributed by atoms with E-state index < -0.39 is 10.0 Å². The average molecular weight is 314 g/mol. The van der Waals surface area contributed by atoms with Crippen LogP contribution in [-0.2, 0) is 16.6 Å². The summed E-state index contributed by atoms with van der Waals surface area (Å²) in [6, 6.07) is 9.63. The van der Waals surface area contributed by atoms with Gasteiger partial charge in [0.25, 0.3) is 10.0 Å². The van der Waals surface area contributed by atoms with Crippen LogP contribution in [0.3, 0.4) is 0 Å². The largest absolute Gasteiger partial charge is 0.480 e. The molecule has 0 atom stereocenters. The van der Waals surface area contributed by atoms with E-state index in [0.717, 1.165) is 5.56 Å². The van der Waals surface area contributed by atoms with Crippen LogP contribution in [-0.4, -0.2) is 25.7 Å². The van der Waals surface area contributed by atoms with Crippen LogP contribution in [0.2, 0.25) is 5.02 Å². The van der Waals surface area contributed by atoms with Crippen molar-refractivity contribution in [2.75, 3.05) is 7.11 Å². The van der Waals surface area contributed by atoms with E-state index in [9.17, 15) is 8.42 Å². The second kappa shape index (κ2) is 6.17. The summed E-state index contributed by atoms with van der Waals surface area (Å²) in [5.41, 5.74) is 0.791. The van der Waals surface area contributed by atoms with Crippen LogP contribution in [0.25, 0.3) is 0 Å². The molecule has 0 aliphatic heterocycles. The predicted octanol–water partition coefficient (Wildman–Crippen LogP) is 1.62. The fourth-order valence-corrected chi connectivity index (χ4v) is 2.44. The number of sulfonamides is 1. The van der Waals surface area contributed by atoms with Crippen molar-refractivity contribution in [1.82, 2.24) is 14.9 Å². The highest BCUT2D eigenvalue weighted by Crippen LogP contribution is 2.11. The van der Waals surface area contributed by atoms with Crippen LogP contribution in [0.15, 0.2) is 41.4 Å². The van der Waals surface area contributed by atoms with Crippen molar-refractivity contribution in [1.29, 1.82) is 0 Å². The Morgan fingerprint density at radius 2 is 1.85 bits per heavy atom. The second-order valence-corrected chi connectivity index (χ2v) is 6.02. The van der Waals surface area contributed by atoms with Crippen molar-refractivity contribution in [2.24, 2.45) is 0 Å². The first-order valence-electron chi connectivity index (χ1n) is 5.63. The summed E-state index contributed by atoms with van der Waals surface area (Å²) in [5, 5.41) is 7.66. The zero-order valence-corrected chi connectivity index (χ0v) is 12.1. The van der Waals surface area contributed by atoms with Crippen LogP contribution in [0.5, 0.6) is 5.88 Å². The van der Waals surface area contributed by atoms with Gasteiger partial charge in [0.05, 0.1) is 7.11 Å². The Balaban J connectivity index is 2.08. The van der Waals surface area contributed by atoms with Crippen molar-refractivity contribution in [2.45, 2.75) is 11.6 Å². The molecule has 106 valence electrons. The molecule has 0 amide bonds. The van der Waals surface area contributed by atoms with E-state index in [-0.39, 0.29) is 17.5 Å². The normalized spacial score (nSPS) is 11.3. The molecule has 1 heterocycles. The number of nitrogens with zero attached hydrogens (tertiary/aromatic N) is 2. The molecule has 8 heteroatoms. The number of benzene rings is 1. The van der Waals surface area contributed by atoms with E-state index in [0.29, 0.717) is 5.02 Å². The Kier molecular flexibility index (Phi) is 4.53. The number of ether oxygens (including phenoxy) is 1.